The molecule has 1 heterocycles. The Morgan fingerprint density at radius 2 is 1.68 bits per heavy atom. The van der Waals surface area contributed by atoms with Gasteiger partial charge >= 0.3 is 0 Å². The number of allylic oxidation sites excluding steroid dienone is 5. The summed E-state index contributed by atoms with van der Waals surface area (Å²) in [5.74, 6) is -0.106. The largest absolute Gasteiger partial charge is 0.398 e. The van der Waals surface area contributed by atoms with Crippen molar-refractivity contribution >= 4 is 43.1 Å². The van der Waals surface area contributed by atoms with Gasteiger partial charge < -0.3 is 11.1 Å². The number of rotatable bonds is 7. The number of benzene rings is 2. The summed E-state index contributed by atoms with van der Waals surface area (Å²) in [6, 6.07) is 10.1. The van der Waals surface area contributed by atoms with Crippen LogP contribution in [0.4, 0.5) is 17.1 Å². The fraction of sp³-hybridized carbons (Fsp3) is 0.294. The molecule has 0 aliphatic carbocycles. The van der Waals surface area contributed by atoms with Crippen molar-refractivity contribution in [2.45, 2.75) is 69.2 Å². The zero-order valence-electron chi connectivity index (χ0n) is 26.0. The molecule has 6 heteroatoms. The van der Waals surface area contributed by atoms with Crippen LogP contribution < -0.4 is 16.0 Å². The van der Waals surface area contributed by atoms with Crippen LogP contribution in [0, 0.1) is 13.8 Å². The molecule has 0 saturated heterocycles. The Morgan fingerprint density at radius 1 is 1.05 bits per heavy atom. The number of aromatic nitrogens is 1. The van der Waals surface area contributed by atoms with Crippen molar-refractivity contribution in [3.63, 3.8) is 0 Å². The SMILES string of the molecule is C=C/C(C)=C(\C(P)=C/C)N(C(C)=O)c1c(C)cnc2cc(N)c(-c3ccc(C)c(NC(=C)C)c3)cc12.CC.CC. The number of aryl methyl sites for hydroxylation is 2. The second kappa shape index (κ2) is 15.8. The first-order valence-electron chi connectivity index (χ1n) is 13.8. The van der Waals surface area contributed by atoms with Gasteiger partial charge in [0, 0.05) is 41.1 Å². The highest BCUT2D eigenvalue weighted by Gasteiger charge is 2.24. The van der Waals surface area contributed by atoms with Crippen LogP contribution in [0.2, 0.25) is 0 Å². The third kappa shape index (κ3) is 7.70. The summed E-state index contributed by atoms with van der Waals surface area (Å²) >= 11 is 0. The van der Waals surface area contributed by atoms with E-state index < -0.39 is 0 Å². The maximum Gasteiger partial charge on any atom is 0.228 e. The van der Waals surface area contributed by atoms with E-state index in [-0.39, 0.29) is 5.91 Å². The van der Waals surface area contributed by atoms with E-state index >= 15 is 0 Å². The molecule has 3 aromatic rings. The highest BCUT2D eigenvalue weighted by Crippen LogP contribution is 2.40. The molecule has 0 fully saturated rings. The minimum atomic E-state index is -0.106. The van der Waals surface area contributed by atoms with E-state index in [9.17, 15) is 4.79 Å². The van der Waals surface area contributed by atoms with Gasteiger partial charge in [-0.05, 0) is 80.4 Å². The number of pyridine rings is 1. The first-order valence-corrected chi connectivity index (χ1v) is 14.4. The summed E-state index contributed by atoms with van der Waals surface area (Å²) in [7, 11) is 2.73. The number of carbonyl (C=O) groups is 1. The van der Waals surface area contributed by atoms with Gasteiger partial charge in [-0.1, -0.05) is 65.1 Å². The standard InChI is InChI=1S/C30H35N4OP.2C2H6/c1-9-18(5)30(28(36)10-2)34(21(8)35)29-20(7)16-32-27-15-25(31)23(14-24(27)29)22-12-11-19(6)26(13-22)33-17(3)4;2*1-2/h9-16,33H,1,3,31,36H2,2,4-8H3;2*1-2H3/b28-10+,30-18+;;. The summed E-state index contributed by atoms with van der Waals surface area (Å²) in [6.07, 6.45) is 5.52. The number of hydrogen-bond donors (Lipinski definition) is 2. The average molecular weight is 559 g/mol. The lowest BCUT2D eigenvalue weighted by Crippen LogP contribution is -2.30. The molecule has 0 aliphatic rings. The van der Waals surface area contributed by atoms with Crippen molar-refractivity contribution in [1.29, 1.82) is 0 Å². The van der Waals surface area contributed by atoms with Gasteiger partial charge in [0.05, 0.1) is 16.9 Å². The van der Waals surface area contributed by atoms with Gasteiger partial charge in [-0.15, -0.1) is 9.24 Å². The van der Waals surface area contributed by atoms with E-state index in [0.717, 1.165) is 66.8 Å². The topological polar surface area (TPSA) is 71.2 Å². The fourth-order valence-electron chi connectivity index (χ4n) is 4.23. The van der Waals surface area contributed by atoms with Crippen LogP contribution in [0.25, 0.3) is 22.0 Å². The lowest BCUT2D eigenvalue weighted by atomic mass is 9.97. The van der Waals surface area contributed by atoms with Gasteiger partial charge in [-0.3, -0.25) is 14.7 Å². The molecule has 2 aromatic carbocycles. The molecule has 1 atom stereocenters. The smallest absolute Gasteiger partial charge is 0.228 e. The molecule has 40 heavy (non-hydrogen) atoms. The Bertz CT molecular complexity index is 1450. The number of hydrogen-bond acceptors (Lipinski definition) is 4. The molecule has 214 valence electrons. The van der Waals surface area contributed by atoms with Crippen molar-refractivity contribution in [3.8, 4) is 11.1 Å². The van der Waals surface area contributed by atoms with E-state index in [2.05, 4.69) is 50.9 Å². The van der Waals surface area contributed by atoms with Crippen molar-refractivity contribution in [2.24, 2.45) is 0 Å². The summed E-state index contributed by atoms with van der Waals surface area (Å²) in [5, 5.41) is 5.06. The number of nitrogen functional groups attached to an aromatic ring is 1. The quantitative estimate of drug-likeness (QED) is 0.172. The van der Waals surface area contributed by atoms with Gasteiger partial charge in [0.2, 0.25) is 5.91 Å². The maximum absolute atomic E-state index is 13.2. The zero-order valence-corrected chi connectivity index (χ0v) is 27.1. The molecule has 0 saturated carbocycles. The Balaban J connectivity index is 0.00000191. The number of nitrogens with zero attached hydrogens (tertiary/aromatic N) is 2. The Hall–Kier alpha value is -3.69. The lowest BCUT2D eigenvalue weighted by molar-refractivity contribution is -0.116. The lowest BCUT2D eigenvalue weighted by Gasteiger charge is -2.29. The molecule has 0 spiro atoms. The van der Waals surface area contributed by atoms with Gasteiger partial charge in [-0.2, -0.15) is 0 Å². The third-order valence-electron chi connectivity index (χ3n) is 6.12. The second-order valence-electron chi connectivity index (χ2n) is 9.02. The van der Waals surface area contributed by atoms with E-state index in [4.69, 9.17) is 5.73 Å². The molecule has 1 aromatic heterocycles. The molecular weight excluding hydrogens is 511 g/mol. The summed E-state index contributed by atoms with van der Waals surface area (Å²) in [4.78, 5) is 19.6. The molecule has 0 bridgehead atoms. The maximum atomic E-state index is 13.2. The Morgan fingerprint density at radius 3 is 2.20 bits per heavy atom. The molecule has 0 aliphatic heterocycles. The normalized spacial score (nSPS) is 11.3. The first-order chi connectivity index (χ1) is 19.0. The molecule has 1 unspecified atom stereocenters. The molecular formula is C34H47N4OP. The summed E-state index contributed by atoms with van der Waals surface area (Å²) in [5.41, 5.74) is 16.0. The Kier molecular flexibility index (Phi) is 13.6. The first kappa shape index (κ1) is 34.3. The van der Waals surface area contributed by atoms with Gasteiger partial charge in [0.1, 0.15) is 0 Å². The predicted octanol–water partition coefficient (Wildman–Crippen LogP) is 9.69. The summed E-state index contributed by atoms with van der Waals surface area (Å²) in [6.45, 7) is 27.3. The number of nitrogens with one attached hydrogen (secondary N) is 1. The molecule has 1 amide bonds. The fourth-order valence-corrected chi connectivity index (χ4v) is 4.59. The number of fused-ring (bicyclic) bond motifs is 1. The number of anilines is 3. The highest BCUT2D eigenvalue weighted by molar-refractivity contribution is 7.23. The van der Waals surface area contributed by atoms with Crippen LogP contribution in [-0.2, 0) is 4.79 Å². The van der Waals surface area contributed by atoms with Gasteiger partial charge in [-0.25, -0.2) is 0 Å². The van der Waals surface area contributed by atoms with E-state index in [1.54, 1.807) is 24.1 Å². The highest BCUT2D eigenvalue weighted by atomic mass is 31.0. The van der Waals surface area contributed by atoms with E-state index in [1.807, 2.05) is 80.5 Å². The van der Waals surface area contributed by atoms with Crippen LogP contribution in [0.1, 0.15) is 66.5 Å². The van der Waals surface area contributed by atoms with Crippen LogP contribution in [0.15, 0.2) is 84.1 Å². The van der Waals surface area contributed by atoms with Crippen LogP contribution in [-0.4, -0.2) is 10.9 Å². The van der Waals surface area contributed by atoms with Crippen LogP contribution in [0.3, 0.4) is 0 Å². The zero-order chi connectivity index (χ0) is 30.7. The van der Waals surface area contributed by atoms with Crippen LogP contribution >= 0.6 is 9.24 Å². The van der Waals surface area contributed by atoms with E-state index in [0.29, 0.717) is 5.69 Å². The molecule has 3 rings (SSSR count). The monoisotopic (exact) mass is 558 g/mol. The van der Waals surface area contributed by atoms with E-state index in [1.165, 1.54) is 0 Å². The molecule has 0 radical (unpaired) electrons. The number of nitrogens with two attached hydrogens (primary N) is 1. The van der Waals surface area contributed by atoms with Crippen molar-refractivity contribution < 1.29 is 4.79 Å². The molecule has 5 nitrogen and oxygen atoms in total. The second-order valence-corrected chi connectivity index (χ2v) is 9.64. The van der Waals surface area contributed by atoms with Crippen molar-refractivity contribution in [3.05, 3.63) is 95.2 Å². The average Bonchev–Trinajstić information content (AvgIpc) is 2.94. The van der Waals surface area contributed by atoms with Gasteiger partial charge in [0.15, 0.2) is 0 Å². The minimum absolute atomic E-state index is 0.106. The predicted molar refractivity (Wildman–Crippen MR) is 182 cm³/mol. The number of carbonyl (C=O) groups excluding carboxylic acids is 1. The van der Waals surface area contributed by atoms with Crippen molar-refractivity contribution in [2.75, 3.05) is 16.0 Å². The minimum Gasteiger partial charge on any atom is -0.398 e. The Labute approximate surface area is 244 Å². The summed E-state index contributed by atoms with van der Waals surface area (Å²) < 4.78 is 0. The van der Waals surface area contributed by atoms with Gasteiger partial charge in [0.25, 0.3) is 0 Å². The third-order valence-corrected chi connectivity index (χ3v) is 6.72. The van der Waals surface area contributed by atoms with Crippen LogP contribution in [0.5, 0.6) is 0 Å². The molecule has 3 N–H and O–H groups in total. The number of amides is 1. The van der Waals surface area contributed by atoms with Crippen molar-refractivity contribution in [1.82, 2.24) is 4.98 Å².